The molecule has 0 unspecified atom stereocenters. The Morgan fingerprint density at radius 1 is 1.22 bits per heavy atom. The summed E-state index contributed by atoms with van der Waals surface area (Å²) in [6.45, 7) is 5.39. The lowest BCUT2D eigenvalue weighted by Gasteiger charge is -2.37. The summed E-state index contributed by atoms with van der Waals surface area (Å²) in [6.07, 6.45) is 0.558. The second-order valence-corrected chi connectivity index (χ2v) is 9.97. The lowest BCUT2D eigenvalue weighted by atomic mass is 9.70. The van der Waals surface area contributed by atoms with Gasteiger partial charge in [-0.3, -0.25) is 14.4 Å². The SMILES string of the molecule is CCOC(=O)[C@@H]1[C@@H]2CC[C@]3(O2)[C@H](C(=O)Nc2cc(C)ccc2C)N([C@H](CO)c2ccccc2)C(=O)[C@@H]13. The van der Waals surface area contributed by atoms with Crippen molar-refractivity contribution < 1.29 is 29.0 Å². The number of rotatable bonds is 7. The Hall–Kier alpha value is -3.23. The molecule has 2 aromatic carbocycles. The normalized spacial score (nSPS) is 29.2. The maximum absolute atomic E-state index is 14.1. The van der Waals surface area contributed by atoms with E-state index in [1.54, 1.807) is 6.92 Å². The zero-order valence-electron chi connectivity index (χ0n) is 20.8. The van der Waals surface area contributed by atoms with Crippen LogP contribution in [0.3, 0.4) is 0 Å². The maximum atomic E-state index is 14.1. The molecule has 3 saturated heterocycles. The molecule has 8 nitrogen and oxygen atoms in total. The number of ether oxygens (including phenoxy) is 2. The number of aliphatic hydroxyl groups is 1. The lowest BCUT2D eigenvalue weighted by molar-refractivity contribution is -0.155. The molecule has 1 spiro atoms. The molecule has 0 aromatic heterocycles. The summed E-state index contributed by atoms with van der Waals surface area (Å²) in [7, 11) is 0. The van der Waals surface area contributed by atoms with E-state index in [0.717, 1.165) is 11.1 Å². The first-order valence-corrected chi connectivity index (χ1v) is 12.5. The predicted octanol–water partition coefficient (Wildman–Crippen LogP) is 2.91. The number of nitrogens with zero attached hydrogens (tertiary/aromatic N) is 1. The number of likely N-dealkylation sites (tertiary alicyclic amines) is 1. The quantitative estimate of drug-likeness (QED) is 0.576. The molecule has 2 amide bonds. The van der Waals surface area contributed by atoms with Gasteiger partial charge in [0.25, 0.3) is 0 Å². The monoisotopic (exact) mass is 492 g/mol. The van der Waals surface area contributed by atoms with E-state index in [1.807, 2.05) is 62.4 Å². The van der Waals surface area contributed by atoms with E-state index in [-0.39, 0.29) is 25.0 Å². The molecular formula is C28H32N2O6. The third kappa shape index (κ3) is 3.71. The summed E-state index contributed by atoms with van der Waals surface area (Å²) >= 11 is 0. The number of nitrogens with one attached hydrogen (secondary N) is 1. The summed E-state index contributed by atoms with van der Waals surface area (Å²) in [6, 6.07) is 13.1. The molecule has 0 radical (unpaired) electrons. The second kappa shape index (κ2) is 9.33. The van der Waals surface area contributed by atoms with Crippen molar-refractivity contribution in [3.05, 3.63) is 65.2 Å². The first-order chi connectivity index (χ1) is 17.3. The van der Waals surface area contributed by atoms with Crippen LogP contribution in [0.25, 0.3) is 0 Å². The smallest absolute Gasteiger partial charge is 0.312 e. The van der Waals surface area contributed by atoms with E-state index in [2.05, 4.69) is 5.32 Å². The van der Waals surface area contributed by atoms with Crippen LogP contribution in [0.4, 0.5) is 5.69 Å². The number of amides is 2. The minimum atomic E-state index is -1.16. The van der Waals surface area contributed by atoms with Gasteiger partial charge in [0.2, 0.25) is 11.8 Å². The van der Waals surface area contributed by atoms with E-state index in [0.29, 0.717) is 24.1 Å². The molecule has 0 aliphatic carbocycles. The van der Waals surface area contributed by atoms with Gasteiger partial charge in [-0.15, -0.1) is 0 Å². The molecular weight excluding hydrogens is 460 g/mol. The van der Waals surface area contributed by atoms with E-state index in [1.165, 1.54) is 4.90 Å². The van der Waals surface area contributed by atoms with Gasteiger partial charge in [0.05, 0.1) is 37.2 Å². The van der Waals surface area contributed by atoms with Crippen LogP contribution in [0.1, 0.15) is 42.5 Å². The number of hydrogen-bond acceptors (Lipinski definition) is 6. The van der Waals surface area contributed by atoms with Gasteiger partial charge in [0.15, 0.2) is 0 Å². The van der Waals surface area contributed by atoms with E-state index in [4.69, 9.17) is 9.47 Å². The fraction of sp³-hybridized carbons (Fsp3) is 0.464. The Morgan fingerprint density at radius 3 is 2.67 bits per heavy atom. The van der Waals surface area contributed by atoms with Crippen molar-refractivity contribution >= 4 is 23.5 Å². The second-order valence-electron chi connectivity index (χ2n) is 9.97. The topological polar surface area (TPSA) is 105 Å². The summed E-state index contributed by atoms with van der Waals surface area (Å²) in [5.74, 6) is -2.85. The van der Waals surface area contributed by atoms with Crippen LogP contribution in [0, 0.1) is 25.7 Å². The minimum absolute atomic E-state index is 0.194. The highest BCUT2D eigenvalue weighted by atomic mass is 16.6. The van der Waals surface area contributed by atoms with E-state index < -0.39 is 41.6 Å². The number of anilines is 1. The molecule has 3 heterocycles. The van der Waals surface area contributed by atoms with Crippen molar-refractivity contribution in [2.45, 2.75) is 57.4 Å². The Kier molecular flexibility index (Phi) is 6.34. The highest BCUT2D eigenvalue weighted by Crippen LogP contribution is 2.60. The Morgan fingerprint density at radius 2 is 1.97 bits per heavy atom. The average molecular weight is 493 g/mol. The number of aliphatic hydroxyl groups excluding tert-OH is 1. The van der Waals surface area contributed by atoms with Gasteiger partial charge in [-0.2, -0.15) is 0 Å². The van der Waals surface area contributed by atoms with Crippen LogP contribution in [-0.2, 0) is 23.9 Å². The molecule has 2 aromatic rings. The van der Waals surface area contributed by atoms with Gasteiger partial charge in [-0.05, 0) is 56.4 Å². The fourth-order valence-electron chi connectivity index (χ4n) is 6.33. The largest absolute Gasteiger partial charge is 0.466 e. The van der Waals surface area contributed by atoms with Crippen molar-refractivity contribution in [3.63, 3.8) is 0 Å². The van der Waals surface area contributed by atoms with Crippen molar-refractivity contribution in [1.82, 2.24) is 4.90 Å². The van der Waals surface area contributed by atoms with Gasteiger partial charge in [-0.1, -0.05) is 42.5 Å². The first-order valence-electron chi connectivity index (χ1n) is 12.5. The number of esters is 1. The molecule has 3 aliphatic rings. The lowest BCUT2D eigenvalue weighted by Crippen LogP contribution is -2.54. The third-order valence-electron chi connectivity index (χ3n) is 7.89. The van der Waals surface area contributed by atoms with Crippen LogP contribution in [0.5, 0.6) is 0 Å². The number of hydrogen-bond donors (Lipinski definition) is 2. The zero-order chi connectivity index (χ0) is 25.6. The van der Waals surface area contributed by atoms with Crippen LogP contribution >= 0.6 is 0 Å². The molecule has 5 rings (SSSR count). The molecule has 2 N–H and O–H groups in total. The maximum Gasteiger partial charge on any atom is 0.312 e. The highest BCUT2D eigenvalue weighted by molar-refractivity contribution is 6.03. The molecule has 8 heteroatoms. The van der Waals surface area contributed by atoms with Crippen LogP contribution < -0.4 is 5.32 Å². The molecule has 190 valence electrons. The van der Waals surface area contributed by atoms with E-state index >= 15 is 0 Å². The summed E-state index contributed by atoms with van der Waals surface area (Å²) in [5.41, 5.74) is 2.08. The Balaban J connectivity index is 1.59. The highest BCUT2D eigenvalue weighted by Gasteiger charge is 2.75. The minimum Gasteiger partial charge on any atom is -0.466 e. The molecule has 2 bridgehead atoms. The number of carbonyl (C=O) groups is 3. The average Bonchev–Trinajstić information content (AvgIpc) is 3.50. The molecule has 36 heavy (non-hydrogen) atoms. The number of fused-ring (bicyclic) bond motifs is 1. The van der Waals surface area contributed by atoms with Crippen molar-refractivity contribution in [3.8, 4) is 0 Å². The Labute approximate surface area is 210 Å². The predicted molar refractivity (Wildman–Crippen MR) is 132 cm³/mol. The van der Waals surface area contributed by atoms with Gasteiger partial charge in [-0.25, -0.2) is 0 Å². The summed E-state index contributed by atoms with van der Waals surface area (Å²) in [5, 5.41) is 13.5. The third-order valence-corrected chi connectivity index (χ3v) is 7.89. The molecule has 3 aliphatic heterocycles. The Bertz CT molecular complexity index is 1180. The van der Waals surface area contributed by atoms with Crippen LogP contribution in [-0.4, -0.2) is 58.8 Å². The zero-order valence-corrected chi connectivity index (χ0v) is 20.8. The van der Waals surface area contributed by atoms with Gasteiger partial charge < -0.3 is 24.8 Å². The van der Waals surface area contributed by atoms with Crippen molar-refractivity contribution in [1.29, 1.82) is 0 Å². The summed E-state index contributed by atoms with van der Waals surface area (Å²) < 4.78 is 11.7. The fourth-order valence-corrected chi connectivity index (χ4v) is 6.33. The summed E-state index contributed by atoms with van der Waals surface area (Å²) in [4.78, 5) is 42.5. The molecule has 3 fully saturated rings. The number of benzene rings is 2. The van der Waals surface area contributed by atoms with Crippen LogP contribution in [0.15, 0.2) is 48.5 Å². The van der Waals surface area contributed by atoms with Crippen molar-refractivity contribution in [2.75, 3.05) is 18.5 Å². The van der Waals surface area contributed by atoms with Gasteiger partial charge in [0.1, 0.15) is 11.6 Å². The van der Waals surface area contributed by atoms with E-state index in [9.17, 15) is 19.5 Å². The standard InChI is InChI=1S/C28H32N2O6/c1-4-35-27(34)22-21-12-13-28(36-21)23(22)26(33)30(20(15-31)18-8-6-5-7-9-18)24(28)25(32)29-19-14-16(2)10-11-17(19)3/h5-11,14,20-24,31H,4,12-13,15H2,1-3H3,(H,29,32)/t20-,21+,22-,23-,24+,28-/m1/s1. The van der Waals surface area contributed by atoms with Crippen LogP contribution in [0.2, 0.25) is 0 Å². The number of aryl methyl sites for hydroxylation is 2. The van der Waals surface area contributed by atoms with Gasteiger partial charge in [0, 0.05) is 5.69 Å². The number of carbonyl (C=O) groups excluding carboxylic acids is 3. The molecule has 0 saturated carbocycles. The first kappa shape index (κ1) is 24.5. The van der Waals surface area contributed by atoms with Gasteiger partial charge >= 0.3 is 5.97 Å². The molecule has 6 atom stereocenters. The van der Waals surface area contributed by atoms with Crippen molar-refractivity contribution in [2.24, 2.45) is 11.8 Å².